The van der Waals surface area contributed by atoms with E-state index in [2.05, 4.69) is 0 Å². The highest BCUT2D eigenvalue weighted by molar-refractivity contribution is 7.91. The maximum atomic E-state index is 12.0. The van der Waals surface area contributed by atoms with Gasteiger partial charge in [-0.25, -0.2) is 8.42 Å². The Bertz CT molecular complexity index is 520. The average molecular weight is 290 g/mol. The van der Waals surface area contributed by atoms with Gasteiger partial charge in [-0.15, -0.1) is 11.3 Å². The zero-order chi connectivity index (χ0) is 13.3. The molecule has 1 aromatic rings. The van der Waals surface area contributed by atoms with Gasteiger partial charge in [0.1, 0.15) is 4.21 Å². The highest BCUT2D eigenvalue weighted by atomic mass is 32.2. The van der Waals surface area contributed by atoms with Crippen molar-refractivity contribution in [2.75, 3.05) is 26.7 Å². The molecule has 100 valence electrons. The minimum atomic E-state index is -3.58. The lowest BCUT2D eigenvalue weighted by atomic mass is 10.2. The van der Waals surface area contributed by atoms with Gasteiger partial charge >= 0.3 is 0 Å². The molecule has 1 saturated heterocycles. The molecule has 1 aromatic heterocycles. The Morgan fingerprint density at radius 2 is 2.28 bits per heavy atom. The first-order chi connectivity index (χ1) is 8.41. The number of hydrogen-bond acceptors (Lipinski definition) is 5. The topological polar surface area (TPSA) is 77.9 Å². The summed E-state index contributed by atoms with van der Waals surface area (Å²) in [5.74, 6) is -0.289. The van der Waals surface area contributed by atoms with E-state index in [1.165, 1.54) is 18.0 Å². The second-order valence-electron chi connectivity index (χ2n) is 4.15. The number of amides is 1. The molecule has 0 saturated carbocycles. The molecule has 1 aliphatic rings. The van der Waals surface area contributed by atoms with Gasteiger partial charge in [0.2, 0.25) is 5.91 Å². The third kappa shape index (κ3) is 2.56. The first-order valence-electron chi connectivity index (χ1n) is 5.37. The van der Waals surface area contributed by atoms with E-state index in [0.717, 1.165) is 15.6 Å². The van der Waals surface area contributed by atoms with Crippen molar-refractivity contribution in [2.45, 2.75) is 10.3 Å². The molecule has 1 amide bonds. The van der Waals surface area contributed by atoms with Crippen LogP contribution in [0, 0.1) is 0 Å². The van der Waals surface area contributed by atoms with E-state index in [1.54, 1.807) is 11.4 Å². The minimum Gasteiger partial charge on any atom is -0.389 e. The van der Waals surface area contributed by atoms with Crippen molar-refractivity contribution in [3.63, 3.8) is 0 Å². The number of sulfonamides is 1. The van der Waals surface area contributed by atoms with Crippen LogP contribution in [0.4, 0.5) is 0 Å². The number of likely N-dealkylation sites (N-methyl/N-ethyl adjacent to an activating group) is 1. The molecule has 18 heavy (non-hydrogen) atoms. The number of aliphatic hydroxyl groups is 1. The van der Waals surface area contributed by atoms with E-state index >= 15 is 0 Å². The molecule has 0 radical (unpaired) electrons. The minimum absolute atomic E-state index is 0.201. The van der Waals surface area contributed by atoms with Gasteiger partial charge in [0.15, 0.2) is 0 Å². The second-order valence-corrected chi connectivity index (χ2v) is 7.37. The average Bonchev–Trinajstić information content (AvgIpc) is 2.78. The molecule has 2 heterocycles. The fraction of sp³-hybridized carbons (Fsp3) is 0.500. The normalized spacial score (nSPS) is 16.9. The van der Waals surface area contributed by atoms with Crippen molar-refractivity contribution in [3.8, 4) is 0 Å². The number of β-amino-alcohol motifs (C(OH)–C–C–N with tert-alkyl or cyclic N) is 1. The summed E-state index contributed by atoms with van der Waals surface area (Å²) >= 11 is 1.12. The number of likely N-dealkylation sites (tertiary alicyclic amines) is 1. The first kappa shape index (κ1) is 13.5. The van der Waals surface area contributed by atoms with Gasteiger partial charge in [-0.05, 0) is 11.4 Å². The Labute approximate surface area is 109 Å². The van der Waals surface area contributed by atoms with Crippen molar-refractivity contribution < 1.29 is 18.3 Å². The van der Waals surface area contributed by atoms with Crippen LogP contribution in [-0.4, -0.2) is 61.4 Å². The number of nitrogens with zero attached hydrogens (tertiary/aromatic N) is 2. The number of aliphatic hydroxyl groups excluding tert-OH is 1. The van der Waals surface area contributed by atoms with Crippen LogP contribution in [0.5, 0.6) is 0 Å². The molecule has 0 spiro atoms. The Kier molecular flexibility index (Phi) is 3.71. The van der Waals surface area contributed by atoms with Crippen molar-refractivity contribution in [3.05, 3.63) is 17.5 Å². The largest absolute Gasteiger partial charge is 0.389 e. The highest BCUT2D eigenvalue weighted by Gasteiger charge is 2.31. The molecule has 0 bridgehead atoms. The molecule has 1 N–H and O–H groups in total. The second kappa shape index (κ2) is 4.96. The van der Waals surface area contributed by atoms with Crippen molar-refractivity contribution >= 4 is 27.3 Å². The van der Waals surface area contributed by atoms with Crippen molar-refractivity contribution in [2.24, 2.45) is 0 Å². The zero-order valence-corrected chi connectivity index (χ0v) is 11.4. The smallest absolute Gasteiger partial charge is 0.252 e. The van der Waals surface area contributed by atoms with E-state index < -0.39 is 16.1 Å². The van der Waals surface area contributed by atoms with Gasteiger partial charge in [0.25, 0.3) is 10.0 Å². The predicted octanol–water partition coefficient (Wildman–Crippen LogP) is -0.428. The van der Waals surface area contributed by atoms with E-state index in [1.807, 2.05) is 0 Å². The third-order valence-electron chi connectivity index (χ3n) is 2.73. The van der Waals surface area contributed by atoms with Gasteiger partial charge in [-0.2, -0.15) is 4.31 Å². The lowest BCUT2D eigenvalue weighted by Crippen LogP contribution is -2.56. The molecule has 2 rings (SSSR count). The van der Waals surface area contributed by atoms with Crippen molar-refractivity contribution in [1.82, 2.24) is 9.21 Å². The number of thiophene rings is 1. The summed E-state index contributed by atoms with van der Waals surface area (Å²) < 4.78 is 25.3. The summed E-state index contributed by atoms with van der Waals surface area (Å²) in [6.07, 6.45) is -0.479. The maximum absolute atomic E-state index is 12.0. The molecule has 8 heteroatoms. The summed E-state index contributed by atoms with van der Waals surface area (Å²) in [5.41, 5.74) is 0. The number of hydrogen-bond donors (Lipinski definition) is 1. The molecule has 1 aliphatic heterocycles. The van der Waals surface area contributed by atoms with Gasteiger partial charge in [0.05, 0.1) is 12.6 Å². The van der Waals surface area contributed by atoms with E-state index in [9.17, 15) is 13.2 Å². The Balaban J connectivity index is 2.00. The van der Waals surface area contributed by atoms with Gasteiger partial charge < -0.3 is 10.0 Å². The van der Waals surface area contributed by atoms with Crippen LogP contribution in [0.25, 0.3) is 0 Å². The van der Waals surface area contributed by atoms with Crippen LogP contribution in [0.3, 0.4) is 0 Å². The van der Waals surface area contributed by atoms with Crippen LogP contribution in [-0.2, 0) is 14.8 Å². The standard InChI is InChI=1S/C10H14N2O4S2/c1-11(7-9(14)12-5-8(13)6-12)18(15,16)10-3-2-4-17-10/h2-4,8,13H,5-7H2,1H3. The Morgan fingerprint density at radius 1 is 1.61 bits per heavy atom. The Hall–Kier alpha value is -0.960. The van der Waals surface area contributed by atoms with Crippen LogP contribution < -0.4 is 0 Å². The number of carbonyl (C=O) groups excluding carboxylic acids is 1. The van der Waals surface area contributed by atoms with Crippen molar-refractivity contribution in [1.29, 1.82) is 0 Å². The quantitative estimate of drug-likeness (QED) is 0.816. The van der Waals surface area contributed by atoms with E-state index in [4.69, 9.17) is 5.11 Å². The van der Waals surface area contributed by atoms with Crippen LogP contribution in [0.15, 0.2) is 21.7 Å². The molecule has 1 fully saturated rings. The van der Waals surface area contributed by atoms with Crippen LogP contribution in [0.1, 0.15) is 0 Å². The zero-order valence-electron chi connectivity index (χ0n) is 9.81. The fourth-order valence-electron chi connectivity index (χ4n) is 1.60. The third-order valence-corrected chi connectivity index (χ3v) is 5.91. The molecule has 0 atom stereocenters. The maximum Gasteiger partial charge on any atom is 0.252 e. The highest BCUT2D eigenvalue weighted by Crippen LogP contribution is 2.20. The molecule has 6 nitrogen and oxygen atoms in total. The summed E-state index contributed by atoms with van der Waals surface area (Å²) in [4.78, 5) is 13.1. The SMILES string of the molecule is CN(CC(=O)N1CC(O)C1)S(=O)(=O)c1cccs1. The molecule has 0 aliphatic carbocycles. The van der Waals surface area contributed by atoms with Crippen LogP contribution in [0.2, 0.25) is 0 Å². The molecule has 0 unspecified atom stereocenters. The molecule has 0 aromatic carbocycles. The van der Waals surface area contributed by atoms with Gasteiger partial charge in [-0.1, -0.05) is 6.07 Å². The summed E-state index contributed by atoms with van der Waals surface area (Å²) in [5, 5.41) is 10.8. The summed E-state index contributed by atoms with van der Waals surface area (Å²) in [7, 11) is -2.20. The summed E-state index contributed by atoms with van der Waals surface area (Å²) in [6.45, 7) is 0.365. The summed E-state index contributed by atoms with van der Waals surface area (Å²) in [6, 6.07) is 3.16. The number of carbonyl (C=O) groups is 1. The molecular formula is C10H14N2O4S2. The van der Waals surface area contributed by atoms with E-state index in [0.29, 0.717) is 0 Å². The Morgan fingerprint density at radius 3 is 2.78 bits per heavy atom. The lowest BCUT2D eigenvalue weighted by Gasteiger charge is -2.36. The monoisotopic (exact) mass is 290 g/mol. The lowest BCUT2D eigenvalue weighted by molar-refractivity contribution is -0.141. The predicted molar refractivity (Wildman–Crippen MR) is 66.7 cm³/mol. The van der Waals surface area contributed by atoms with E-state index in [-0.39, 0.29) is 29.8 Å². The van der Waals surface area contributed by atoms with Gasteiger partial charge in [-0.3, -0.25) is 4.79 Å². The van der Waals surface area contributed by atoms with Gasteiger partial charge in [0, 0.05) is 20.1 Å². The first-order valence-corrected chi connectivity index (χ1v) is 7.69. The fourth-order valence-corrected chi connectivity index (χ4v) is 3.92. The van der Waals surface area contributed by atoms with Crippen LogP contribution >= 0.6 is 11.3 Å². The number of rotatable bonds is 4. The molecular weight excluding hydrogens is 276 g/mol.